The van der Waals surface area contributed by atoms with Gasteiger partial charge in [-0.1, -0.05) is 6.07 Å². The van der Waals surface area contributed by atoms with E-state index in [1.165, 1.54) is 6.42 Å². The summed E-state index contributed by atoms with van der Waals surface area (Å²) in [5, 5.41) is 10.8. The monoisotopic (exact) mass is 317 g/mol. The van der Waals surface area contributed by atoms with Crippen molar-refractivity contribution in [1.82, 2.24) is 14.8 Å². The van der Waals surface area contributed by atoms with Crippen LogP contribution in [0, 0.1) is 0 Å². The highest BCUT2D eigenvalue weighted by atomic mass is 16.3. The number of pyridine rings is 1. The smallest absolute Gasteiger partial charge is 0.236 e. The van der Waals surface area contributed by atoms with Crippen LogP contribution in [-0.4, -0.2) is 58.0 Å². The van der Waals surface area contributed by atoms with Gasteiger partial charge in [-0.25, -0.2) is 0 Å². The summed E-state index contributed by atoms with van der Waals surface area (Å²) in [5.41, 5.74) is 0.0855. The lowest BCUT2D eigenvalue weighted by Crippen LogP contribution is -2.50. The SMILES string of the molecule is C[C@H]1CCCCN1C(=O)CN1CCC(O)(c2cccnc2)CC1. The van der Waals surface area contributed by atoms with E-state index >= 15 is 0 Å². The lowest BCUT2D eigenvalue weighted by Gasteiger charge is -2.40. The van der Waals surface area contributed by atoms with Crippen LogP contribution in [0.25, 0.3) is 0 Å². The third-order valence-corrected chi connectivity index (χ3v) is 5.36. The minimum Gasteiger partial charge on any atom is -0.385 e. The van der Waals surface area contributed by atoms with Crippen LogP contribution in [0.3, 0.4) is 0 Å². The second-order valence-corrected chi connectivity index (χ2v) is 6.98. The molecule has 0 radical (unpaired) electrons. The van der Waals surface area contributed by atoms with E-state index in [0.717, 1.165) is 38.0 Å². The molecule has 0 saturated carbocycles. The summed E-state index contributed by atoms with van der Waals surface area (Å²) in [6.07, 6.45) is 8.25. The number of hydrogen-bond donors (Lipinski definition) is 1. The predicted molar refractivity (Wildman–Crippen MR) is 88.8 cm³/mol. The molecule has 1 amide bonds. The first-order valence-corrected chi connectivity index (χ1v) is 8.73. The zero-order chi connectivity index (χ0) is 16.3. The number of amides is 1. The Morgan fingerprint density at radius 3 is 2.78 bits per heavy atom. The van der Waals surface area contributed by atoms with Gasteiger partial charge in [-0.2, -0.15) is 0 Å². The van der Waals surface area contributed by atoms with E-state index in [0.29, 0.717) is 25.4 Å². The van der Waals surface area contributed by atoms with Crippen molar-refractivity contribution in [3.8, 4) is 0 Å². The number of hydrogen-bond acceptors (Lipinski definition) is 4. The van der Waals surface area contributed by atoms with Crippen LogP contribution < -0.4 is 0 Å². The Balaban J connectivity index is 1.54. The first-order valence-electron chi connectivity index (χ1n) is 8.73. The molecule has 5 nitrogen and oxygen atoms in total. The summed E-state index contributed by atoms with van der Waals surface area (Å²) in [6, 6.07) is 4.16. The van der Waals surface area contributed by atoms with Gasteiger partial charge in [-0.05, 0) is 45.1 Å². The highest BCUT2D eigenvalue weighted by Crippen LogP contribution is 2.32. The highest BCUT2D eigenvalue weighted by molar-refractivity contribution is 5.78. The number of carbonyl (C=O) groups excluding carboxylic acids is 1. The summed E-state index contributed by atoms with van der Waals surface area (Å²) in [7, 11) is 0. The first-order chi connectivity index (χ1) is 11.1. The van der Waals surface area contributed by atoms with Crippen molar-refractivity contribution >= 4 is 5.91 Å². The van der Waals surface area contributed by atoms with Crippen molar-refractivity contribution in [2.24, 2.45) is 0 Å². The van der Waals surface area contributed by atoms with Crippen molar-refractivity contribution in [3.63, 3.8) is 0 Å². The van der Waals surface area contributed by atoms with Crippen molar-refractivity contribution in [3.05, 3.63) is 30.1 Å². The van der Waals surface area contributed by atoms with Gasteiger partial charge in [0.2, 0.25) is 5.91 Å². The van der Waals surface area contributed by atoms with Crippen LogP contribution in [0.15, 0.2) is 24.5 Å². The Hall–Kier alpha value is -1.46. The zero-order valence-electron chi connectivity index (χ0n) is 13.9. The van der Waals surface area contributed by atoms with E-state index in [-0.39, 0.29) is 5.91 Å². The average molecular weight is 317 g/mol. The maximum Gasteiger partial charge on any atom is 0.236 e. The number of likely N-dealkylation sites (tertiary alicyclic amines) is 2. The highest BCUT2D eigenvalue weighted by Gasteiger charge is 2.35. The molecule has 2 aliphatic rings. The number of carbonyl (C=O) groups is 1. The summed E-state index contributed by atoms with van der Waals surface area (Å²) in [5.74, 6) is 0.240. The first kappa shape index (κ1) is 16.4. The fourth-order valence-electron chi connectivity index (χ4n) is 3.76. The quantitative estimate of drug-likeness (QED) is 0.923. The van der Waals surface area contributed by atoms with E-state index in [4.69, 9.17) is 0 Å². The third kappa shape index (κ3) is 3.72. The van der Waals surface area contributed by atoms with Gasteiger partial charge in [0.15, 0.2) is 0 Å². The molecule has 1 atom stereocenters. The van der Waals surface area contributed by atoms with Gasteiger partial charge in [-0.3, -0.25) is 14.7 Å². The molecule has 1 N–H and O–H groups in total. The second kappa shape index (κ2) is 6.97. The van der Waals surface area contributed by atoms with E-state index in [1.807, 2.05) is 17.0 Å². The molecule has 23 heavy (non-hydrogen) atoms. The number of aliphatic hydroxyl groups is 1. The summed E-state index contributed by atoms with van der Waals surface area (Å²) < 4.78 is 0. The van der Waals surface area contributed by atoms with E-state index < -0.39 is 5.60 Å². The summed E-state index contributed by atoms with van der Waals surface area (Å²) in [6.45, 7) is 5.02. The molecule has 0 bridgehead atoms. The Morgan fingerprint density at radius 1 is 1.35 bits per heavy atom. The molecule has 0 spiro atoms. The van der Waals surface area contributed by atoms with Crippen LogP contribution in [0.2, 0.25) is 0 Å². The Kier molecular flexibility index (Phi) is 4.97. The van der Waals surface area contributed by atoms with Crippen molar-refractivity contribution < 1.29 is 9.90 Å². The maximum atomic E-state index is 12.5. The summed E-state index contributed by atoms with van der Waals surface area (Å²) >= 11 is 0. The molecule has 0 aromatic carbocycles. The molecule has 126 valence electrons. The fraction of sp³-hybridized carbons (Fsp3) is 0.667. The molecule has 0 unspecified atom stereocenters. The number of piperidine rings is 2. The number of aromatic nitrogens is 1. The molecule has 1 aromatic rings. The van der Waals surface area contributed by atoms with Crippen LogP contribution in [0.4, 0.5) is 0 Å². The van der Waals surface area contributed by atoms with Crippen molar-refractivity contribution in [1.29, 1.82) is 0 Å². The normalized spacial score (nSPS) is 25.3. The largest absolute Gasteiger partial charge is 0.385 e. The Morgan fingerprint density at radius 2 is 2.13 bits per heavy atom. The number of nitrogens with zero attached hydrogens (tertiary/aromatic N) is 3. The lowest BCUT2D eigenvalue weighted by atomic mass is 9.85. The minimum atomic E-state index is -0.799. The van der Waals surface area contributed by atoms with Gasteiger partial charge < -0.3 is 10.0 Å². The molecule has 2 aliphatic heterocycles. The standard InChI is InChI=1S/C18H27N3O2/c1-15-5-2-3-10-21(15)17(22)14-20-11-7-18(23,8-12-20)16-6-4-9-19-13-16/h4,6,9,13,15,23H,2-3,5,7-8,10-12,14H2,1H3/t15-/m0/s1. The van der Waals surface area contributed by atoms with E-state index in [2.05, 4.69) is 16.8 Å². The van der Waals surface area contributed by atoms with E-state index in [1.54, 1.807) is 12.4 Å². The van der Waals surface area contributed by atoms with Gasteiger partial charge in [0.05, 0.1) is 12.1 Å². The lowest BCUT2D eigenvalue weighted by molar-refractivity contribution is -0.137. The topological polar surface area (TPSA) is 56.7 Å². The van der Waals surface area contributed by atoms with Gasteiger partial charge in [0, 0.05) is 43.6 Å². The predicted octanol–water partition coefficient (Wildman–Crippen LogP) is 1.77. The van der Waals surface area contributed by atoms with Crippen LogP contribution >= 0.6 is 0 Å². The van der Waals surface area contributed by atoms with Crippen LogP contribution in [0.1, 0.15) is 44.6 Å². The average Bonchev–Trinajstić information content (AvgIpc) is 2.58. The van der Waals surface area contributed by atoms with Crippen LogP contribution in [-0.2, 0) is 10.4 Å². The molecule has 1 aromatic heterocycles. The van der Waals surface area contributed by atoms with Crippen molar-refractivity contribution in [2.45, 2.75) is 50.7 Å². The van der Waals surface area contributed by atoms with Crippen LogP contribution in [0.5, 0.6) is 0 Å². The molecule has 3 heterocycles. The molecule has 5 heteroatoms. The molecular formula is C18H27N3O2. The molecule has 0 aliphatic carbocycles. The zero-order valence-corrected chi connectivity index (χ0v) is 13.9. The second-order valence-electron chi connectivity index (χ2n) is 6.98. The summed E-state index contributed by atoms with van der Waals surface area (Å²) in [4.78, 5) is 20.8. The molecule has 2 fully saturated rings. The van der Waals surface area contributed by atoms with Gasteiger partial charge in [-0.15, -0.1) is 0 Å². The van der Waals surface area contributed by atoms with Gasteiger partial charge in [0.25, 0.3) is 0 Å². The van der Waals surface area contributed by atoms with Gasteiger partial charge >= 0.3 is 0 Å². The third-order valence-electron chi connectivity index (χ3n) is 5.36. The number of rotatable bonds is 3. The molecular weight excluding hydrogens is 290 g/mol. The van der Waals surface area contributed by atoms with Crippen molar-refractivity contribution in [2.75, 3.05) is 26.2 Å². The minimum absolute atomic E-state index is 0.240. The van der Waals surface area contributed by atoms with E-state index in [9.17, 15) is 9.90 Å². The Bertz CT molecular complexity index is 526. The fourth-order valence-corrected chi connectivity index (χ4v) is 3.76. The van der Waals surface area contributed by atoms with Gasteiger partial charge in [0.1, 0.15) is 0 Å². The molecule has 2 saturated heterocycles. The molecule has 3 rings (SSSR count). The maximum absolute atomic E-state index is 12.5. The Labute approximate surface area is 138 Å².